The summed E-state index contributed by atoms with van der Waals surface area (Å²) in [6.07, 6.45) is 3.24. The van der Waals surface area contributed by atoms with Gasteiger partial charge in [-0.25, -0.2) is 4.79 Å². The van der Waals surface area contributed by atoms with Crippen LogP contribution in [0.4, 0.5) is 10.5 Å². The molecule has 3 unspecified atom stereocenters. The standard InChI is InChI=1S/C18H32N6O/c1-14-13-16(19-11-7-8-12-24(2)3)22-17(20-14)23-18(25)21-15-9-5-4-6-10-15/h4-6,9-10,14,16-17,19-20,22H,7-8,11-13H2,1-3H3,(H2,21,23,25). The number of amides is 2. The molecule has 2 amide bonds. The largest absolute Gasteiger partial charge is 0.321 e. The van der Waals surface area contributed by atoms with Gasteiger partial charge in [0.2, 0.25) is 0 Å². The molecule has 5 N–H and O–H groups in total. The number of hydrogen-bond acceptors (Lipinski definition) is 5. The second kappa shape index (κ2) is 10.4. The number of para-hydroxylation sites is 1. The first-order chi connectivity index (χ1) is 12.0. The molecule has 25 heavy (non-hydrogen) atoms. The van der Waals surface area contributed by atoms with Crippen molar-refractivity contribution in [1.82, 2.24) is 26.2 Å². The first-order valence-electron chi connectivity index (χ1n) is 9.05. The van der Waals surface area contributed by atoms with Crippen LogP contribution in [-0.4, -0.2) is 56.6 Å². The maximum Gasteiger partial charge on any atom is 0.321 e. The van der Waals surface area contributed by atoms with Gasteiger partial charge < -0.3 is 20.9 Å². The summed E-state index contributed by atoms with van der Waals surface area (Å²) in [7, 11) is 4.19. The summed E-state index contributed by atoms with van der Waals surface area (Å²) in [6.45, 7) is 4.22. The van der Waals surface area contributed by atoms with Gasteiger partial charge in [-0.3, -0.25) is 10.6 Å². The van der Waals surface area contributed by atoms with E-state index in [1.54, 1.807) is 0 Å². The Hall–Kier alpha value is -1.67. The van der Waals surface area contributed by atoms with Crippen LogP contribution in [0, 0.1) is 0 Å². The smallest absolute Gasteiger partial charge is 0.310 e. The van der Waals surface area contributed by atoms with E-state index in [9.17, 15) is 4.79 Å². The molecule has 7 heteroatoms. The van der Waals surface area contributed by atoms with Crippen molar-refractivity contribution < 1.29 is 4.79 Å². The number of anilines is 1. The molecule has 1 aliphatic heterocycles. The Balaban J connectivity index is 1.71. The van der Waals surface area contributed by atoms with Crippen LogP contribution < -0.4 is 26.6 Å². The maximum absolute atomic E-state index is 12.1. The highest BCUT2D eigenvalue weighted by molar-refractivity contribution is 5.89. The van der Waals surface area contributed by atoms with Crippen LogP contribution in [0.2, 0.25) is 0 Å². The molecule has 0 spiro atoms. The molecule has 1 fully saturated rings. The Morgan fingerprint density at radius 1 is 1.20 bits per heavy atom. The van der Waals surface area contributed by atoms with Crippen molar-refractivity contribution in [1.29, 1.82) is 0 Å². The van der Waals surface area contributed by atoms with Gasteiger partial charge in [0.25, 0.3) is 0 Å². The van der Waals surface area contributed by atoms with E-state index in [0.29, 0.717) is 6.04 Å². The van der Waals surface area contributed by atoms with Crippen LogP contribution in [0.3, 0.4) is 0 Å². The highest BCUT2D eigenvalue weighted by atomic mass is 16.2. The van der Waals surface area contributed by atoms with E-state index in [-0.39, 0.29) is 18.5 Å². The topological polar surface area (TPSA) is 80.5 Å². The number of nitrogens with one attached hydrogen (secondary N) is 5. The molecule has 1 heterocycles. The van der Waals surface area contributed by atoms with Crippen molar-refractivity contribution in [2.75, 3.05) is 32.5 Å². The second-order valence-corrected chi connectivity index (χ2v) is 6.88. The van der Waals surface area contributed by atoms with Gasteiger partial charge in [0, 0.05) is 11.7 Å². The minimum absolute atomic E-state index is 0.192. The molecule has 2 rings (SSSR count). The van der Waals surface area contributed by atoms with Crippen LogP contribution in [0.1, 0.15) is 26.2 Å². The van der Waals surface area contributed by atoms with Crippen LogP contribution in [0.5, 0.6) is 0 Å². The lowest BCUT2D eigenvalue weighted by Crippen LogP contribution is -2.67. The van der Waals surface area contributed by atoms with E-state index in [0.717, 1.165) is 31.6 Å². The van der Waals surface area contributed by atoms with E-state index in [1.165, 1.54) is 6.42 Å². The van der Waals surface area contributed by atoms with Gasteiger partial charge in [-0.2, -0.15) is 0 Å². The normalized spacial score (nSPS) is 23.4. The summed E-state index contributed by atoms with van der Waals surface area (Å²) in [5, 5.41) is 16.0. The molecule has 7 nitrogen and oxygen atoms in total. The van der Waals surface area contributed by atoms with Crippen LogP contribution in [-0.2, 0) is 0 Å². The SMILES string of the molecule is CC1CC(NCCCCN(C)C)NC(NC(=O)Nc2ccccc2)N1. The Morgan fingerprint density at radius 3 is 2.68 bits per heavy atom. The molecular formula is C18H32N6O. The molecule has 1 aliphatic rings. The summed E-state index contributed by atoms with van der Waals surface area (Å²) in [5.41, 5.74) is 0.777. The molecular weight excluding hydrogens is 316 g/mol. The summed E-state index contributed by atoms with van der Waals surface area (Å²) in [4.78, 5) is 14.3. The molecule has 0 aromatic heterocycles. The third-order valence-corrected chi connectivity index (χ3v) is 4.14. The number of carbonyl (C=O) groups is 1. The van der Waals surface area contributed by atoms with Crippen molar-refractivity contribution in [3.05, 3.63) is 30.3 Å². The van der Waals surface area contributed by atoms with Crippen molar-refractivity contribution >= 4 is 11.7 Å². The predicted octanol–water partition coefficient (Wildman–Crippen LogP) is 1.32. The fourth-order valence-corrected chi connectivity index (χ4v) is 2.90. The maximum atomic E-state index is 12.1. The molecule has 1 aromatic rings. The highest BCUT2D eigenvalue weighted by Gasteiger charge is 2.25. The zero-order valence-electron chi connectivity index (χ0n) is 15.5. The Morgan fingerprint density at radius 2 is 1.96 bits per heavy atom. The zero-order valence-corrected chi connectivity index (χ0v) is 15.5. The molecule has 0 saturated carbocycles. The van der Waals surface area contributed by atoms with E-state index < -0.39 is 0 Å². The van der Waals surface area contributed by atoms with Gasteiger partial charge >= 0.3 is 6.03 Å². The highest BCUT2D eigenvalue weighted by Crippen LogP contribution is 2.06. The lowest BCUT2D eigenvalue weighted by atomic mass is 10.1. The van der Waals surface area contributed by atoms with E-state index in [1.807, 2.05) is 30.3 Å². The lowest BCUT2D eigenvalue weighted by Gasteiger charge is -2.36. The van der Waals surface area contributed by atoms with Crippen LogP contribution in [0.25, 0.3) is 0 Å². The van der Waals surface area contributed by atoms with Gasteiger partial charge in [-0.1, -0.05) is 18.2 Å². The predicted molar refractivity (Wildman–Crippen MR) is 102 cm³/mol. The summed E-state index contributed by atoms with van der Waals surface area (Å²) < 4.78 is 0. The van der Waals surface area contributed by atoms with Crippen LogP contribution >= 0.6 is 0 Å². The van der Waals surface area contributed by atoms with Gasteiger partial charge in [0.05, 0.1) is 6.17 Å². The van der Waals surface area contributed by atoms with Crippen molar-refractivity contribution in [3.8, 4) is 0 Å². The molecule has 0 radical (unpaired) electrons. The minimum Gasteiger partial charge on any atom is -0.310 e. The Bertz CT molecular complexity index is 510. The minimum atomic E-state index is -0.258. The van der Waals surface area contributed by atoms with Crippen molar-refractivity contribution in [3.63, 3.8) is 0 Å². The molecule has 1 saturated heterocycles. The lowest BCUT2D eigenvalue weighted by molar-refractivity contribution is 0.193. The molecule has 0 aliphatic carbocycles. The Labute approximate surface area is 150 Å². The number of rotatable bonds is 8. The summed E-state index contributed by atoms with van der Waals surface area (Å²) in [5.74, 6) is 0. The quantitative estimate of drug-likeness (QED) is 0.458. The van der Waals surface area contributed by atoms with E-state index >= 15 is 0 Å². The van der Waals surface area contributed by atoms with E-state index in [2.05, 4.69) is 52.5 Å². The average molecular weight is 348 g/mol. The monoisotopic (exact) mass is 348 g/mol. The van der Waals surface area contributed by atoms with Crippen molar-refractivity contribution in [2.45, 2.75) is 44.7 Å². The summed E-state index contributed by atoms with van der Waals surface area (Å²) >= 11 is 0. The number of urea groups is 1. The van der Waals surface area contributed by atoms with Crippen molar-refractivity contribution in [2.24, 2.45) is 0 Å². The average Bonchev–Trinajstić information content (AvgIpc) is 2.54. The van der Waals surface area contributed by atoms with Gasteiger partial charge in [-0.15, -0.1) is 0 Å². The molecule has 140 valence electrons. The zero-order chi connectivity index (χ0) is 18.1. The molecule has 1 aromatic carbocycles. The molecule has 3 atom stereocenters. The number of benzene rings is 1. The number of carbonyl (C=O) groups excluding carboxylic acids is 1. The first-order valence-corrected chi connectivity index (χ1v) is 9.05. The fourth-order valence-electron chi connectivity index (χ4n) is 2.90. The van der Waals surface area contributed by atoms with Crippen LogP contribution in [0.15, 0.2) is 30.3 Å². The van der Waals surface area contributed by atoms with E-state index in [4.69, 9.17) is 0 Å². The summed E-state index contributed by atoms with van der Waals surface area (Å²) in [6, 6.07) is 9.53. The Kier molecular flexibility index (Phi) is 8.14. The van der Waals surface area contributed by atoms with Gasteiger partial charge in [0.15, 0.2) is 0 Å². The third kappa shape index (κ3) is 7.83. The van der Waals surface area contributed by atoms with Gasteiger partial charge in [-0.05, 0) is 65.5 Å². The van der Waals surface area contributed by atoms with Gasteiger partial charge in [0.1, 0.15) is 6.29 Å². The number of nitrogens with zero attached hydrogens (tertiary/aromatic N) is 1. The number of hydrogen-bond donors (Lipinski definition) is 5. The molecule has 0 bridgehead atoms. The fraction of sp³-hybridized carbons (Fsp3) is 0.611. The third-order valence-electron chi connectivity index (χ3n) is 4.14. The number of unbranched alkanes of at least 4 members (excludes halogenated alkanes) is 1. The first kappa shape index (κ1) is 19.7. The second-order valence-electron chi connectivity index (χ2n) is 6.88.